The SMILES string of the molecule is COc1ccc(CCn2c3c(c(=O)[nH]c2=S)CN(CC2CCCO2)CN3)cc1OC. The number of anilines is 1. The number of aromatic nitrogens is 2. The maximum Gasteiger partial charge on any atom is 0.258 e. The van der Waals surface area contributed by atoms with Gasteiger partial charge in [-0.1, -0.05) is 6.07 Å². The van der Waals surface area contributed by atoms with Gasteiger partial charge in [-0.05, 0) is 49.2 Å². The molecule has 0 amide bonds. The number of nitrogens with one attached hydrogen (secondary N) is 2. The first kappa shape index (κ1) is 20.9. The van der Waals surface area contributed by atoms with E-state index in [-0.39, 0.29) is 11.7 Å². The zero-order valence-electron chi connectivity index (χ0n) is 17.4. The van der Waals surface area contributed by atoms with E-state index < -0.39 is 0 Å². The van der Waals surface area contributed by atoms with E-state index in [1.807, 2.05) is 22.8 Å². The predicted molar refractivity (Wildman–Crippen MR) is 117 cm³/mol. The van der Waals surface area contributed by atoms with Crippen LogP contribution < -0.4 is 20.3 Å². The summed E-state index contributed by atoms with van der Waals surface area (Å²) >= 11 is 5.46. The van der Waals surface area contributed by atoms with Crippen LogP contribution in [-0.4, -0.2) is 54.6 Å². The summed E-state index contributed by atoms with van der Waals surface area (Å²) in [7, 11) is 3.25. The average molecular weight is 433 g/mol. The van der Waals surface area contributed by atoms with Crippen molar-refractivity contribution >= 4 is 18.0 Å². The fraction of sp³-hybridized carbons (Fsp3) is 0.524. The largest absolute Gasteiger partial charge is 0.493 e. The summed E-state index contributed by atoms with van der Waals surface area (Å²) in [4.78, 5) is 17.6. The Labute approximate surface area is 180 Å². The molecule has 2 aromatic rings. The van der Waals surface area contributed by atoms with E-state index in [9.17, 15) is 4.79 Å². The Hall–Kier alpha value is -2.36. The highest BCUT2D eigenvalue weighted by Gasteiger charge is 2.25. The van der Waals surface area contributed by atoms with Crippen LogP contribution in [-0.2, 0) is 24.2 Å². The lowest BCUT2D eigenvalue weighted by molar-refractivity contribution is 0.0716. The molecule has 1 aromatic heterocycles. The highest BCUT2D eigenvalue weighted by molar-refractivity contribution is 7.71. The van der Waals surface area contributed by atoms with Crippen molar-refractivity contribution in [3.63, 3.8) is 0 Å². The molecule has 4 rings (SSSR count). The van der Waals surface area contributed by atoms with E-state index in [0.29, 0.717) is 36.0 Å². The van der Waals surface area contributed by atoms with Crippen LogP contribution in [0.15, 0.2) is 23.0 Å². The Morgan fingerprint density at radius 2 is 2.10 bits per heavy atom. The first-order valence-corrected chi connectivity index (χ1v) is 10.6. The summed E-state index contributed by atoms with van der Waals surface area (Å²) in [5.74, 6) is 2.21. The zero-order valence-corrected chi connectivity index (χ0v) is 18.2. The Balaban J connectivity index is 1.52. The summed E-state index contributed by atoms with van der Waals surface area (Å²) in [6, 6.07) is 5.88. The highest BCUT2D eigenvalue weighted by atomic mass is 32.1. The van der Waals surface area contributed by atoms with Crippen molar-refractivity contribution in [1.82, 2.24) is 14.5 Å². The maximum atomic E-state index is 12.6. The fourth-order valence-electron chi connectivity index (χ4n) is 4.12. The van der Waals surface area contributed by atoms with Crippen molar-refractivity contribution in [3.8, 4) is 11.5 Å². The van der Waals surface area contributed by atoms with Gasteiger partial charge in [0.25, 0.3) is 5.56 Å². The summed E-state index contributed by atoms with van der Waals surface area (Å²) in [5, 5.41) is 3.42. The number of fused-ring (bicyclic) bond motifs is 1. The molecule has 1 atom stereocenters. The smallest absolute Gasteiger partial charge is 0.258 e. The van der Waals surface area contributed by atoms with Gasteiger partial charge in [-0.3, -0.25) is 14.7 Å². The molecular weight excluding hydrogens is 404 g/mol. The second kappa shape index (κ2) is 9.20. The molecule has 9 heteroatoms. The molecule has 1 aromatic carbocycles. The lowest BCUT2D eigenvalue weighted by Gasteiger charge is -2.32. The molecule has 2 N–H and O–H groups in total. The minimum atomic E-state index is -0.123. The van der Waals surface area contributed by atoms with Gasteiger partial charge in [0.15, 0.2) is 16.3 Å². The highest BCUT2D eigenvalue weighted by Crippen LogP contribution is 2.28. The molecule has 8 nitrogen and oxygen atoms in total. The number of rotatable bonds is 7. The van der Waals surface area contributed by atoms with Crippen molar-refractivity contribution in [3.05, 3.63) is 44.5 Å². The molecule has 2 aliphatic heterocycles. The first-order chi connectivity index (χ1) is 14.6. The molecule has 0 spiro atoms. The van der Waals surface area contributed by atoms with Crippen molar-refractivity contribution in [2.75, 3.05) is 39.4 Å². The third-order valence-corrected chi connectivity index (χ3v) is 6.03. The van der Waals surface area contributed by atoms with E-state index in [2.05, 4.69) is 15.2 Å². The first-order valence-electron chi connectivity index (χ1n) is 10.2. The number of ether oxygens (including phenoxy) is 3. The number of hydrogen-bond acceptors (Lipinski definition) is 7. The quantitative estimate of drug-likeness (QED) is 0.651. The van der Waals surface area contributed by atoms with Crippen molar-refractivity contribution in [2.24, 2.45) is 0 Å². The summed E-state index contributed by atoms with van der Waals surface area (Å²) in [5.41, 5.74) is 1.70. The molecule has 1 saturated heterocycles. The van der Waals surface area contributed by atoms with Gasteiger partial charge >= 0.3 is 0 Å². The molecule has 0 radical (unpaired) electrons. The lowest BCUT2D eigenvalue weighted by atomic mass is 10.1. The van der Waals surface area contributed by atoms with E-state index in [0.717, 1.165) is 49.4 Å². The third kappa shape index (κ3) is 4.38. The topological polar surface area (TPSA) is 80.8 Å². The Morgan fingerprint density at radius 3 is 2.83 bits per heavy atom. The van der Waals surface area contributed by atoms with Crippen molar-refractivity contribution in [1.29, 1.82) is 0 Å². The molecule has 1 unspecified atom stereocenters. The van der Waals surface area contributed by atoms with Crippen LogP contribution in [0.2, 0.25) is 0 Å². The van der Waals surface area contributed by atoms with E-state index in [1.54, 1.807) is 14.2 Å². The molecule has 0 aliphatic carbocycles. The normalized spacial score (nSPS) is 18.7. The Kier molecular flexibility index (Phi) is 6.40. The zero-order chi connectivity index (χ0) is 21.1. The second-order valence-corrected chi connectivity index (χ2v) is 8.05. The van der Waals surface area contributed by atoms with E-state index >= 15 is 0 Å². The molecule has 3 heterocycles. The van der Waals surface area contributed by atoms with Crippen LogP contribution in [0, 0.1) is 4.77 Å². The van der Waals surface area contributed by atoms with Gasteiger partial charge in [-0.25, -0.2) is 0 Å². The van der Waals surface area contributed by atoms with Gasteiger partial charge in [-0.15, -0.1) is 0 Å². The van der Waals surface area contributed by atoms with E-state index in [4.69, 9.17) is 26.4 Å². The maximum absolute atomic E-state index is 12.6. The van der Waals surface area contributed by atoms with Gasteiger partial charge in [0.05, 0.1) is 32.6 Å². The van der Waals surface area contributed by atoms with Gasteiger partial charge < -0.3 is 24.1 Å². The van der Waals surface area contributed by atoms with Crippen LogP contribution in [0.3, 0.4) is 0 Å². The summed E-state index contributed by atoms with van der Waals surface area (Å²) < 4.78 is 18.9. The van der Waals surface area contributed by atoms with Crippen LogP contribution in [0.25, 0.3) is 0 Å². The van der Waals surface area contributed by atoms with Crippen LogP contribution in [0.5, 0.6) is 11.5 Å². The number of aryl methyl sites for hydroxylation is 1. The minimum Gasteiger partial charge on any atom is -0.493 e. The molecule has 30 heavy (non-hydrogen) atoms. The van der Waals surface area contributed by atoms with Crippen molar-refractivity contribution < 1.29 is 14.2 Å². The van der Waals surface area contributed by atoms with Gasteiger partial charge in [0, 0.05) is 26.2 Å². The average Bonchev–Trinajstić information content (AvgIpc) is 3.26. The number of methoxy groups -OCH3 is 2. The van der Waals surface area contributed by atoms with Gasteiger partial charge in [0.2, 0.25) is 0 Å². The number of H-pyrrole nitrogens is 1. The standard InChI is InChI=1S/C21H28N4O4S/c1-27-17-6-5-14(10-18(17)28-2)7-8-25-19-16(20(26)23-21(25)30)12-24(13-22-19)11-15-4-3-9-29-15/h5-6,10,15,22H,3-4,7-9,11-13H2,1-2H3,(H,23,26,30). The van der Waals surface area contributed by atoms with Crippen LogP contribution >= 0.6 is 12.2 Å². The number of hydrogen-bond donors (Lipinski definition) is 2. The van der Waals surface area contributed by atoms with Gasteiger partial charge in [0.1, 0.15) is 5.82 Å². The Bertz CT molecular complexity index is 1010. The predicted octanol–water partition coefficient (Wildman–Crippen LogP) is 2.53. The second-order valence-electron chi connectivity index (χ2n) is 7.66. The summed E-state index contributed by atoms with van der Waals surface area (Å²) in [6.45, 7) is 3.56. The van der Waals surface area contributed by atoms with Gasteiger partial charge in [-0.2, -0.15) is 0 Å². The van der Waals surface area contributed by atoms with E-state index in [1.165, 1.54) is 0 Å². The Morgan fingerprint density at radius 1 is 1.27 bits per heavy atom. The minimum absolute atomic E-state index is 0.123. The molecule has 1 fully saturated rings. The fourth-order valence-corrected chi connectivity index (χ4v) is 4.40. The monoisotopic (exact) mass is 432 g/mol. The molecule has 0 saturated carbocycles. The molecular formula is C21H28N4O4S. The number of aromatic amines is 1. The molecule has 0 bridgehead atoms. The lowest BCUT2D eigenvalue weighted by Crippen LogP contribution is -2.42. The molecule has 2 aliphatic rings. The van der Waals surface area contributed by atoms with Crippen molar-refractivity contribution in [2.45, 2.75) is 38.5 Å². The van der Waals surface area contributed by atoms with Crippen LogP contribution in [0.4, 0.5) is 5.82 Å². The number of nitrogens with zero attached hydrogens (tertiary/aromatic N) is 2. The third-order valence-electron chi connectivity index (χ3n) is 5.71. The summed E-state index contributed by atoms with van der Waals surface area (Å²) in [6.07, 6.45) is 3.19. The molecule has 162 valence electrons. The van der Waals surface area contributed by atoms with Crippen LogP contribution in [0.1, 0.15) is 24.0 Å². The number of benzene rings is 1.